The molecule has 3 nitrogen and oxygen atoms in total. The van der Waals surface area contributed by atoms with Crippen LogP contribution in [-0.4, -0.2) is 9.78 Å². The third kappa shape index (κ3) is 2.96. The molecule has 0 aromatic carbocycles. The average molecular weight is 249 g/mol. The highest BCUT2D eigenvalue weighted by molar-refractivity contribution is 7.10. The molecule has 0 saturated heterocycles. The molecule has 92 valence electrons. The van der Waals surface area contributed by atoms with E-state index in [0.29, 0.717) is 6.04 Å². The molecule has 0 radical (unpaired) electrons. The first-order valence-corrected chi connectivity index (χ1v) is 6.85. The molecular formula is C13H19N3S. The van der Waals surface area contributed by atoms with E-state index in [1.165, 1.54) is 10.6 Å². The van der Waals surface area contributed by atoms with Gasteiger partial charge in [0.05, 0.1) is 11.4 Å². The van der Waals surface area contributed by atoms with E-state index in [1.54, 1.807) is 0 Å². The number of nitrogens with one attached hydrogen (secondary N) is 1. The number of hydrogen-bond acceptors (Lipinski definition) is 3. The maximum atomic E-state index is 4.36. The molecule has 2 heterocycles. The number of aromatic nitrogens is 2. The van der Waals surface area contributed by atoms with Crippen molar-refractivity contribution in [3.05, 3.63) is 39.8 Å². The molecular weight excluding hydrogens is 230 g/mol. The Kier molecular flexibility index (Phi) is 3.97. The molecule has 0 aliphatic carbocycles. The van der Waals surface area contributed by atoms with Crippen molar-refractivity contribution < 1.29 is 0 Å². The number of nitrogens with zero attached hydrogens (tertiary/aromatic N) is 2. The normalized spacial score (nSPS) is 12.9. The Morgan fingerprint density at radius 3 is 2.88 bits per heavy atom. The van der Waals surface area contributed by atoms with E-state index < -0.39 is 0 Å². The van der Waals surface area contributed by atoms with E-state index in [0.717, 1.165) is 18.7 Å². The summed E-state index contributed by atoms with van der Waals surface area (Å²) in [7, 11) is 2.00. The maximum absolute atomic E-state index is 4.36. The van der Waals surface area contributed by atoms with Crippen LogP contribution in [0.1, 0.15) is 35.7 Å². The summed E-state index contributed by atoms with van der Waals surface area (Å²) >= 11 is 1.82. The predicted octanol–water partition coefficient (Wildman–Crippen LogP) is 3.03. The molecule has 4 heteroatoms. The molecule has 2 aromatic rings. The van der Waals surface area contributed by atoms with Crippen LogP contribution in [0.2, 0.25) is 0 Å². The number of hydrogen-bond donors (Lipinski definition) is 1. The van der Waals surface area contributed by atoms with E-state index >= 15 is 0 Å². The lowest BCUT2D eigenvalue weighted by atomic mass is 10.2. The molecule has 0 aliphatic heterocycles. The van der Waals surface area contributed by atoms with E-state index in [2.05, 4.69) is 40.9 Å². The Morgan fingerprint density at radius 2 is 2.35 bits per heavy atom. The second kappa shape index (κ2) is 5.47. The molecule has 1 N–H and O–H groups in total. The van der Waals surface area contributed by atoms with Gasteiger partial charge in [-0.3, -0.25) is 4.68 Å². The first-order valence-electron chi connectivity index (χ1n) is 5.97. The summed E-state index contributed by atoms with van der Waals surface area (Å²) in [4.78, 5) is 1.41. The van der Waals surface area contributed by atoms with Gasteiger partial charge in [0.2, 0.25) is 0 Å². The zero-order chi connectivity index (χ0) is 12.3. The zero-order valence-electron chi connectivity index (χ0n) is 10.6. The van der Waals surface area contributed by atoms with Crippen molar-refractivity contribution in [2.45, 2.75) is 32.9 Å². The molecule has 2 aromatic heterocycles. The van der Waals surface area contributed by atoms with Gasteiger partial charge in [-0.1, -0.05) is 13.0 Å². The summed E-state index contributed by atoms with van der Waals surface area (Å²) in [5.74, 6) is 0. The van der Waals surface area contributed by atoms with Crippen LogP contribution in [0.5, 0.6) is 0 Å². The fourth-order valence-corrected chi connectivity index (χ4v) is 2.88. The number of thiophene rings is 1. The molecule has 0 saturated carbocycles. The lowest BCUT2D eigenvalue weighted by Gasteiger charge is -2.15. The van der Waals surface area contributed by atoms with Crippen LogP contribution in [-0.2, 0) is 13.6 Å². The fourth-order valence-electron chi connectivity index (χ4n) is 1.99. The third-order valence-corrected chi connectivity index (χ3v) is 3.91. The van der Waals surface area contributed by atoms with Gasteiger partial charge in [0, 0.05) is 24.5 Å². The van der Waals surface area contributed by atoms with E-state index in [-0.39, 0.29) is 0 Å². The highest BCUT2D eigenvalue weighted by atomic mass is 32.1. The SMILES string of the molecule is CCC(NCc1cc(C)nn1C)c1cccs1. The van der Waals surface area contributed by atoms with Crippen molar-refractivity contribution in [3.8, 4) is 0 Å². The Morgan fingerprint density at radius 1 is 1.53 bits per heavy atom. The average Bonchev–Trinajstić information content (AvgIpc) is 2.90. The Bertz CT molecular complexity index is 459. The van der Waals surface area contributed by atoms with Gasteiger partial charge in [-0.15, -0.1) is 11.3 Å². The molecule has 2 rings (SSSR count). The molecule has 1 unspecified atom stereocenters. The van der Waals surface area contributed by atoms with Crippen molar-refractivity contribution in [1.82, 2.24) is 15.1 Å². The molecule has 1 atom stereocenters. The second-order valence-corrected chi connectivity index (χ2v) is 5.24. The van der Waals surface area contributed by atoms with Gasteiger partial charge in [0.1, 0.15) is 0 Å². The van der Waals surface area contributed by atoms with Crippen LogP contribution in [0.3, 0.4) is 0 Å². The number of rotatable bonds is 5. The van der Waals surface area contributed by atoms with E-state index in [9.17, 15) is 0 Å². The number of aryl methyl sites for hydroxylation is 2. The molecule has 0 amide bonds. The predicted molar refractivity (Wildman–Crippen MR) is 72.1 cm³/mol. The summed E-state index contributed by atoms with van der Waals surface area (Å²) in [5.41, 5.74) is 2.31. The minimum Gasteiger partial charge on any atom is -0.304 e. The van der Waals surface area contributed by atoms with Gasteiger partial charge in [0.15, 0.2) is 0 Å². The van der Waals surface area contributed by atoms with Crippen LogP contribution in [0.25, 0.3) is 0 Å². The Balaban J connectivity index is 1.99. The molecule has 0 bridgehead atoms. The molecule has 0 fully saturated rings. The fraction of sp³-hybridized carbons (Fsp3) is 0.462. The monoisotopic (exact) mass is 249 g/mol. The van der Waals surface area contributed by atoms with Crippen LogP contribution in [0, 0.1) is 6.92 Å². The minimum absolute atomic E-state index is 0.449. The Hall–Kier alpha value is -1.13. The first kappa shape index (κ1) is 12.3. The summed E-state index contributed by atoms with van der Waals surface area (Å²) < 4.78 is 1.95. The molecule has 0 aliphatic rings. The topological polar surface area (TPSA) is 29.9 Å². The maximum Gasteiger partial charge on any atom is 0.0597 e. The summed E-state index contributed by atoms with van der Waals surface area (Å²) in [6.07, 6.45) is 1.11. The lowest BCUT2D eigenvalue weighted by molar-refractivity contribution is 0.509. The quantitative estimate of drug-likeness (QED) is 0.882. The van der Waals surface area contributed by atoms with Crippen molar-refractivity contribution in [2.24, 2.45) is 7.05 Å². The van der Waals surface area contributed by atoms with Gasteiger partial charge < -0.3 is 5.32 Å². The van der Waals surface area contributed by atoms with Crippen LogP contribution >= 0.6 is 11.3 Å². The lowest BCUT2D eigenvalue weighted by Crippen LogP contribution is -2.20. The summed E-state index contributed by atoms with van der Waals surface area (Å²) in [6.45, 7) is 5.11. The van der Waals surface area contributed by atoms with Crippen LogP contribution in [0.15, 0.2) is 23.6 Å². The minimum atomic E-state index is 0.449. The van der Waals surface area contributed by atoms with Crippen LogP contribution in [0.4, 0.5) is 0 Å². The van der Waals surface area contributed by atoms with Gasteiger partial charge in [0.25, 0.3) is 0 Å². The van der Waals surface area contributed by atoms with Gasteiger partial charge in [-0.05, 0) is 30.9 Å². The standard InChI is InChI=1S/C13H19N3S/c1-4-12(13-6-5-7-17-13)14-9-11-8-10(2)15-16(11)3/h5-8,12,14H,4,9H2,1-3H3. The summed E-state index contributed by atoms with van der Waals surface area (Å²) in [6, 6.07) is 6.89. The highest BCUT2D eigenvalue weighted by Gasteiger charge is 2.10. The van der Waals surface area contributed by atoms with Crippen molar-refractivity contribution in [2.75, 3.05) is 0 Å². The van der Waals surface area contributed by atoms with Crippen molar-refractivity contribution >= 4 is 11.3 Å². The molecule has 0 spiro atoms. The first-order chi connectivity index (χ1) is 8.20. The largest absolute Gasteiger partial charge is 0.304 e. The second-order valence-electron chi connectivity index (χ2n) is 4.26. The van der Waals surface area contributed by atoms with Gasteiger partial charge >= 0.3 is 0 Å². The van der Waals surface area contributed by atoms with Crippen LogP contribution < -0.4 is 5.32 Å². The van der Waals surface area contributed by atoms with E-state index in [1.807, 2.05) is 30.0 Å². The Labute approximate surface area is 106 Å². The third-order valence-electron chi connectivity index (χ3n) is 2.92. The molecule has 17 heavy (non-hydrogen) atoms. The zero-order valence-corrected chi connectivity index (χ0v) is 11.4. The van der Waals surface area contributed by atoms with Gasteiger partial charge in [-0.2, -0.15) is 5.10 Å². The highest BCUT2D eigenvalue weighted by Crippen LogP contribution is 2.22. The van der Waals surface area contributed by atoms with Crippen molar-refractivity contribution in [1.29, 1.82) is 0 Å². The van der Waals surface area contributed by atoms with E-state index in [4.69, 9.17) is 0 Å². The van der Waals surface area contributed by atoms with Gasteiger partial charge in [-0.25, -0.2) is 0 Å². The smallest absolute Gasteiger partial charge is 0.0597 e. The van der Waals surface area contributed by atoms with Crippen molar-refractivity contribution in [3.63, 3.8) is 0 Å². The summed E-state index contributed by atoms with van der Waals surface area (Å²) in [5, 5.41) is 10.1.